The first-order valence-electron chi connectivity index (χ1n) is 5.28. The summed E-state index contributed by atoms with van der Waals surface area (Å²) < 4.78 is 4.77. The smallest absolute Gasteiger partial charge is 0.415 e. The molecule has 0 heterocycles. The van der Waals surface area contributed by atoms with Crippen molar-refractivity contribution in [1.82, 2.24) is 5.32 Å². The molecule has 3 amide bonds. The molecule has 6 nitrogen and oxygen atoms in total. The zero-order valence-corrected chi connectivity index (χ0v) is 10.4. The summed E-state index contributed by atoms with van der Waals surface area (Å²) >= 11 is 5.76. The normalized spacial score (nSPS) is 11.7. The number of urea groups is 1. The molecule has 1 atom stereocenters. The van der Waals surface area contributed by atoms with Crippen LogP contribution in [0.4, 0.5) is 9.59 Å². The molecule has 1 unspecified atom stereocenters. The monoisotopic (exact) mass is 272 g/mol. The lowest BCUT2D eigenvalue weighted by molar-refractivity contribution is -0.424. The second-order valence-electron chi connectivity index (χ2n) is 3.78. The van der Waals surface area contributed by atoms with Crippen molar-refractivity contribution in [1.29, 1.82) is 0 Å². The van der Waals surface area contributed by atoms with E-state index in [2.05, 4.69) is 5.73 Å². The predicted octanol–water partition coefficient (Wildman–Crippen LogP) is 0.298. The first-order valence-corrected chi connectivity index (χ1v) is 5.66. The number of halogens is 1. The molecule has 6 N–H and O–H groups in total. The van der Waals surface area contributed by atoms with E-state index in [4.69, 9.17) is 22.1 Å². The zero-order chi connectivity index (χ0) is 13.5. The Bertz CT molecular complexity index is 422. The molecule has 0 radical (unpaired) electrons. The van der Waals surface area contributed by atoms with Crippen LogP contribution in [-0.2, 0) is 11.2 Å². The van der Waals surface area contributed by atoms with Gasteiger partial charge >= 0.3 is 12.1 Å². The van der Waals surface area contributed by atoms with E-state index >= 15 is 0 Å². The molecular formula is C11H15ClN3O3+. The Morgan fingerprint density at radius 3 is 2.56 bits per heavy atom. The van der Waals surface area contributed by atoms with Crippen molar-refractivity contribution >= 4 is 23.7 Å². The zero-order valence-electron chi connectivity index (χ0n) is 9.69. The number of alkyl carbamates (subject to hydrolysis) is 1. The Labute approximate surface area is 109 Å². The second-order valence-corrected chi connectivity index (χ2v) is 4.22. The van der Waals surface area contributed by atoms with E-state index in [0.29, 0.717) is 11.4 Å². The predicted molar refractivity (Wildman–Crippen MR) is 65.9 cm³/mol. The molecule has 1 aromatic rings. The van der Waals surface area contributed by atoms with Gasteiger partial charge in [0.2, 0.25) is 0 Å². The van der Waals surface area contributed by atoms with Gasteiger partial charge in [0, 0.05) is 11.4 Å². The minimum absolute atomic E-state index is 0.0989. The summed E-state index contributed by atoms with van der Waals surface area (Å²) in [6, 6.07) is 6.26. The SMILES string of the molecule is NC(=O)NC(=O)OCC([NH3+])Cc1ccc(Cl)cc1. The fourth-order valence-electron chi connectivity index (χ4n) is 1.34. The third kappa shape index (κ3) is 5.51. The fourth-order valence-corrected chi connectivity index (χ4v) is 1.47. The maximum absolute atomic E-state index is 11.0. The highest BCUT2D eigenvalue weighted by molar-refractivity contribution is 6.30. The molecule has 7 heteroatoms. The Hall–Kier alpha value is -1.79. The third-order valence-electron chi connectivity index (χ3n) is 2.11. The lowest BCUT2D eigenvalue weighted by Crippen LogP contribution is -2.64. The van der Waals surface area contributed by atoms with Crippen LogP contribution in [-0.4, -0.2) is 24.8 Å². The van der Waals surface area contributed by atoms with Gasteiger partial charge in [-0.25, -0.2) is 14.9 Å². The summed E-state index contributed by atoms with van der Waals surface area (Å²) in [6.07, 6.45) is -0.228. The number of hydrogen-bond acceptors (Lipinski definition) is 3. The van der Waals surface area contributed by atoms with Crippen molar-refractivity contribution in [3.05, 3.63) is 34.9 Å². The molecule has 0 aliphatic heterocycles. The number of imide groups is 1. The van der Waals surface area contributed by atoms with Crippen LogP contribution in [0.1, 0.15) is 5.56 Å². The molecule has 98 valence electrons. The first-order chi connectivity index (χ1) is 8.47. The summed E-state index contributed by atoms with van der Waals surface area (Å²) in [6.45, 7) is 0.0989. The number of amides is 3. The van der Waals surface area contributed by atoms with Gasteiger partial charge in [-0.15, -0.1) is 0 Å². The summed E-state index contributed by atoms with van der Waals surface area (Å²) in [7, 11) is 0. The highest BCUT2D eigenvalue weighted by atomic mass is 35.5. The summed E-state index contributed by atoms with van der Waals surface area (Å²) in [5.41, 5.74) is 9.65. The van der Waals surface area contributed by atoms with Gasteiger partial charge in [-0.3, -0.25) is 0 Å². The number of ether oxygens (including phenoxy) is 1. The Balaban J connectivity index is 2.33. The Morgan fingerprint density at radius 2 is 2.00 bits per heavy atom. The van der Waals surface area contributed by atoms with Gasteiger partial charge in [0.05, 0.1) is 0 Å². The quantitative estimate of drug-likeness (QED) is 0.733. The average molecular weight is 273 g/mol. The summed E-state index contributed by atoms with van der Waals surface area (Å²) in [4.78, 5) is 21.3. The molecular weight excluding hydrogens is 258 g/mol. The molecule has 0 aliphatic rings. The summed E-state index contributed by atoms with van der Waals surface area (Å²) in [5.74, 6) is 0. The molecule has 18 heavy (non-hydrogen) atoms. The van der Waals surface area contributed by atoms with Crippen LogP contribution < -0.4 is 16.8 Å². The van der Waals surface area contributed by atoms with Gasteiger partial charge in [0.15, 0.2) is 0 Å². The van der Waals surface area contributed by atoms with Crippen molar-refractivity contribution in [3.63, 3.8) is 0 Å². The maximum atomic E-state index is 11.0. The molecule has 1 aromatic carbocycles. The molecule has 0 aromatic heterocycles. The fraction of sp³-hybridized carbons (Fsp3) is 0.273. The minimum atomic E-state index is -0.946. The lowest BCUT2D eigenvalue weighted by atomic mass is 10.1. The van der Waals surface area contributed by atoms with Gasteiger partial charge < -0.3 is 16.2 Å². The van der Waals surface area contributed by atoms with Crippen LogP contribution in [0.2, 0.25) is 5.02 Å². The number of rotatable bonds is 4. The number of quaternary nitrogens is 1. The summed E-state index contributed by atoms with van der Waals surface area (Å²) in [5, 5.41) is 2.47. The van der Waals surface area contributed by atoms with E-state index in [1.165, 1.54) is 0 Å². The van der Waals surface area contributed by atoms with Crippen LogP contribution in [0.15, 0.2) is 24.3 Å². The number of nitrogens with one attached hydrogen (secondary N) is 1. The minimum Gasteiger partial charge on any atom is -0.443 e. The molecule has 0 saturated carbocycles. The van der Waals surface area contributed by atoms with E-state index in [1.54, 1.807) is 17.4 Å². The van der Waals surface area contributed by atoms with Crippen LogP contribution in [0, 0.1) is 0 Å². The highest BCUT2D eigenvalue weighted by Crippen LogP contribution is 2.10. The van der Waals surface area contributed by atoms with Crippen molar-refractivity contribution < 1.29 is 20.1 Å². The van der Waals surface area contributed by atoms with E-state index in [0.717, 1.165) is 5.56 Å². The Morgan fingerprint density at radius 1 is 1.39 bits per heavy atom. The molecule has 1 rings (SSSR count). The van der Waals surface area contributed by atoms with Gasteiger partial charge in [-0.2, -0.15) is 0 Å². The number of primary amides is 1. The van der Waals surface area contributed by atoms with Crippen molar-refractivity contribution in [2.45, 2.75) is 12.5 Å². The van der Waals surface area contributed by atoms with E-state index < -0.39 is 12.1 Å². The average Bonchev–Trinajstić information content (AvgIpc) is 2.29. The number of nitrogens with two attached hydrogens (primary N) is 1. The van der Waals surface area contributed by atoms with Crippen LogP contribution in [0.3, 0.4) is 0 Å². The van der Waals surface area contributed by atoms with Crippen molar-refractivity contribution in [2.75, 3.05) is 6.61 Å². The van der Waals surface area contributed by atoms with Crippen molar-refractivity contribution in [3.8, 4) is 0 Å². The number of hydrogen-bond donors (Lipinski definition) is 3. The standard InChI is InChI=1S/C11H14ClN3O3/c12-8-3-1-7(2-4-8)5-9(13)6-18-11(17)15-10(14)16/h1-4,9H,5-6,13H2,(H3,14,15,16,17)/p+1. The molecule has 0 fully saturated rings. The van der Waals surface area contributed by atoms with E-state index in [-0.39, 0.29) is 12.6 Å². The number of carbonyl (C=O) groups excluding carboxylic acids is 2. The molecule has 0 saturated heterocycles. The largest absolute Gasteiger partial charge is 0.443 e. The third-order valence-corrected chi connectivity index (χ3v) is 2.37. The lowest BCUT2D eigenvalue weighted by Gasteiger charge is -2.09. The van der Waals surface area contributed by atoms with E-state index in [9.17, 15) is 9.59 Å². The highest BCUT2D eigenvalue weighted by Gasteiger charge is 2.12. The molecule has 0 bridgehead atoms. The van der Waals surface area contributed by atoms with Gasteiger partial charge in [-0.05, 0) is 17.7 Å². The first kappa shape index (κ1) is 14.3. The van der Waals surface area contributed by atoms with Gasteiger partial charge in [-0.1, -0.05) is 23.7 Å². The molecule has 0 spiro atoms. The Kier molecular flexibility index (Phi) is 5.41. The number of carbonyl (C=O) groups is 2. The maximum Gasteiger partial charge on any atom is 0.415 e. The van der Waals surface area contributed by atoms with Crippen LogP contribution >= 0.6 is 11.6 Å². The van der Waals surface area contributed by atoms with Crippen LogP contribution in [0.5, 0.6) is 0 Å². The number of benzene rings is 1. The second kappa shape index (κ2) is 6.83. The van der Waals surface area contributed by atoms with Crippen LogP contribution in [0.25, 0.3) is 0 Å². The van der Waals surface area contributed by atoms with Crippen molar-refractivity contribution in [2.24, 2.45) is 5.73 Å². The van der Waals surface area contributed by atoms with Gasteiger partial charge in [0.1, 0.15) is 12.6 Å². The molecule has 0 aliphatic carbocycles. The van der Waals surface area contributed by atoms with Gasteiger partial charge in [0.25, 0.3) is 0 Å². The topological polar surface area (TPSA) is 109 Å². The van der Waals surface area contributed by atoms with E-state index in [1.807, 2.05) is 12.1 Å².